The third kappa shape index (κ3) is 5.83. The first-order valence-corrected chi connectivity index (χ1v) is 10.3. The number of halogens is 2. The molecule has 156 valence electrons. The summed E-state index contributed by atoms with van der Waals surface area (Å²) < 4.78 is 25.9. The molecule has 3 rings (SSSR count). The van der Waals surface area contributed by atoms with Crippen molar-refractivity contribution < 1.29 is 18.7 Å². The van der Waals surface area contributed by atoms with E-state index in [1.165, 1.54) is 13.2 Å². The van der Waals surface area contributed by atoms with Gasteiger partial charge in [0.2, 0.25) is 0 Å². The van der Waals surface area contributed by atoms with Crippen LogP contribution in [0.15, 0.2) is 66.7 Å². The number of amides is 1. The molecule has 0 atom stereocenters. The van der Waals surface area contributed by atoms with E-state index < -0.39 is 5.82 Å². The summed E-state index contributed by atoms with van der Waals surface area (Å²) in [5, 5.41) is 12.2. The van der Waals surface area contributed by atoms with Crippen molar-refractivity contribution in [3.05, 3.63) is 87.2 Å². The van der Waals surface area contributed by atoms with Gasteiger partial charge in [-0.2, -0.15) is 5.26 Å². The molecule has 0 aliphatic heterocycles. The monoisotopic (exact) mass is 528 g/mol. The highest BCUT2D eigenvalue weighted by molar-refractivity contribution is 14.1. The van der Waals surface area contributed by atoms with E-state index in [4.69, 9.17) is 9.47 Å². The number of benzene rings is 3. The largest absolute Gasteiger partial charge is 0.493 e. The molecule has 0 aliphatic carbocycles. The van der Waals surface area contributed by atoms with Crippen LogP contribution in [0.3, 0.4) is 0 Å². The van der Waals surface area contributed by atoms with Crippen molar-refractivity contribution in [2.45, 2.75) is 0 Å². The molecule has 0 heterocycles. The number of nitriles is 1. The SMILES string of the molecule is COc1cc(/C=C(/C#N)c2ccccc2F)cc(I)c1OCC(=O)Nc1ccccc1. The molecule has 0 saturated heterocycles. The van der Waals surface area contributed by atoms with Crippen LogP contribution >= 0.6 is 22.6 Å². The minimum Gasteiger partial charge on any atom is -0.493 e. The molecule has 5 nitrogen and oxygen atoms in total. The minimum atomic E-state index is -0.471. The quantitative estimate of drug-likeness (QED) is 0.249. The maximum absolute atomic E-state index is 14.1. The molecule has 0 aromatic heterocycles. The number of para-hydroxylation sites is 1. The van der Waals surface area contributed by atoms with Gasteiger partial charge in [0.1, 0.15) is 5.82 Å². The van der Waals surface area contributed by atoms with E-state index in [-0.39, 0.29) is 23.7 Å². The zero-order valence-corrected chi connectivity index (χ0v) is 18.7. The van der Waals surface area contributed by atoms with Gasteiger partial charge in [0.05, 0.1) is 22.3 Å². The van der Waals surface area contributed by atoms with Crippen molar-refractivity contribution in [3.63, 3.8) is 0 Å². The van der Waals surface area contributed by atoms with Gasteiger partial charge in [-0.05, 0) is 64.6 Å². The van der Waals surface area contributed by atoms with Crippen molar-refractivity contribution in [3.8, 4) is 17.6 Å². The first-order valence-electron chi connectivity index (χ1n) is 9.23. The summed E-state index contributed by atoms with van der Waals surface area (Å²) in [5.41, 5.74) is 1.72. The highest BCUT2D eigenvalue weighted by Gasteiger charge is 2.14. The Labute approximate surface area is 193 Å². The minimum absolute atomic E-state index is 0.187. The summed E-state index contributed by atoms with van der Waals surface area (Å²) in [6.07, 6.45) is 1.58. The lowest BCUT2D eigenvalue weighted by Crippen LogP contribution is -2.20. The predicted octanol–water partition coefficient (Wildman–Crippen LogP) is 5.52. The first kappa shape index (κ1) is 22.3. The molecule has 0 saturated carbocycles. The van der Waals surface area contributed by atoms with Crippen LogP contribution < -0.4 is 14.8 Å². The third-order valence-electron chi connectivity index (χ3n) is 4.25. The standard InChI is InChI=1S/C24H18FIN2O3/c1-30-22-13-16(11-17(14-27)19-9-5-6-10-20(19)25)12-21(26)24(22)31-15-23(29)28-18-7-3-2-4-8-18/h2-13H,15H2,1H3,(H,28,29)/b17-11-. The van der Waals surface area contributed by atoms with E-state index in [1.807, 2.05) is 24.3 Å². The lowest BCUT2D eigenvalue weighted by atomic mass is 10.0. The average Bonchev–Trinajstić information content (AvgIpc) is 2.77. The molecule has 0 aliphatic rings. The van der Waals surface area contributed by atoms with Crippen LogP contribution in [0.25, 0.3) is 11.6 Å². The van der Waals surface area contributed by atoms with Gasteiger partial charge in [-0.25, -0.2) is 4.39 Å². The third-order valence-corrected chi connectivity index (χ3v) is 5.05. The molecule has 0 unspecified atom stereocenters. The van der Waals surface area contributed by atoms with Gasteiger partial charge in [0.15, 0.2) is 18.1 Å². The van der Waals surface area contributed by atoms with E-state index in [0.717, 1.165) is 0 Å². The van der Waals surface area contributed by atoms with Crippen LogP contribution in [0.2, 0.25) is 0 Å². The van der Waals surface area contributed by atoms with Gasteiger partial charge in [-0.3, -0.25) is 4.79 Å². The van der Waals surface area contributed by atoms with Crippen LogP contribution in [0.5, 0.6) is 11.5 Å². The van der Waals surface area contributed by atoms with E-state index in [1.54, 1.807) is 48.5 Å². The fourth-order valence-electron chi connectivity index (χ4n) is 2.84. The second-order valence-electron chi connectivity index (χ2n) is 6.39. The summed E-state index contributed by atoms with van der Waals surface area (Å²) >= 11 is 2.06. The lowest BCUT2D eigenvalue weighted by Gasteiger charge is -2.14. The fraction of sp³-hybridized carbons (Fsp3) is 0.0833. The van der Waals surface area contributed by atoms with Crippen LogP contribution in [0.1, 0.15) is 11.1 Å². The Balaban J connectivity index is 1.81. The van der Waals surface area contributed by atoms with Crippen molar-refractivity contribution >= 4 is 45.8 Å². The Morgan fingerprint density at radius 3 is 2.55 bits per heavy atom. The van der Waals surface area contributed by atoms with Crippen molar-refractivity contribution in [1.29, 1.82) is 5.26 Å². The molecule has 7 heteroatoms. The molecular formula is C24H18FIN2O3. The fourth-order valence-corrected chi connectivity index (χ4v) is 3.62. The summed E-state index contributed by atoms with van der Waals surface area (Å²) in [6, 6.07) is 20.7. The predicted molar refractivity (Wildman–Crippen MR) is 126 cm³/mol. The topological polar surface area (TPSA) is 71.3 Å². The number of nitrogens with one attached hydrogen (secondary N) is 1. The van der Waals surface area contributed by atoms with Crippen LogP contribution in [0.4, 0.5) is 10.1 Å². The Kier molecular flexibility index (Phi) is 7.62. The normalized spacial score (nSPS) is 10.8. The molecule has 3 aromatic rings. The number of allylic oxidation sites excluding steroid dienone is 1. The summed E-state index contributed by atoms with van der Waals surface area (Å²) in [7, 11) is 1.48. The zero-order valence-electron chi connectivity index (χ0n) is 16.6. The maximum Gasteiger partial charge on any atom is 0.262 e. The number of anilines is 1. The zero-order chi connectivity index (χ0) is 22.2. The Hall–Kier alpha value is -3.38. The molecule has 1 N–H and O–H groups in total. The highest BCUT2D eigenvalue weighted by atomic mass is 127. The molecule has 0 fully saturated rings. The number of carbonyl (C=O) groups excluding carboxylic acids is 1. The van der Waals surface area contributed by atoms with Gasteiger partial charge in [-0.15, -0.1) is 0 Å². The van der Waals surface area contributed by atoms with Crippen LogP contribution in [0, 0.1) is 20.7 Å². The van der Waals surface area contributed by atoms with Crippen LogP contribution in [-0.4, -0.2) is 19.6 Å². The number of rotatable bonds is 7. The Morgan fingerprint density at radius 2 is 1.87 bits per heavy atom. The maximum atomic E-state index is 14.1. The van der Waals surface area contributed by atoms with Crippen molar-refractivity contribution in [2.75, 3.05) is 19.0 Å². The van der Waals surface area contributed by atoms with E-state index in [9.17, 15) is 14.4 Å². The van der Waals surface area contributed by atoms with Crippen LogP contribution in [-0.2, 0) is 4.79 Å². The molecule has 0 spiro atoms. The smallest absolute Gasteiger partial charge is 0.262 e. The number of methoxy groups -OCH3 is 1. The Bertz CT molecular complexity index is 1160. The second-order valence-corrected chi connectivity index (χ2v) is 7.55. The Morgan fingerprint density at radius 1 is 1.16 bits per heavy atom. The van der Waals surface area contributed by atoms with Gasteiger partial charge < -0.3 is 14.8 Å². The molecule has 0 radical (unpaired) electrons. The number of hydrogen-bond donors (Lipinski definition) is 1. The van der Waals surface area contributed by atoms with E-state index in [2.05, 4.69) is 27.9 Å². The number of hydrogen-bond acceptors (Lipinski definition) is 4. The molecule has 31 heavy (non-hydrogen) atoms. The summed E-state index contributed by atoms with van der Waals surface area (Å²) in [5.74, 6) is 0.0324. The number of nitrogens with zero attached hydrogens (tertiary/aromatic N) is 1. The number of carbonyl (C=O) groups is 1. The van der Waals surface area contributed by atoms with E-state index >= 15 is 0 Å². The van der Waals surface area contributed by atoms with Gasteiger partial charge in [-0.1, -0.05) is 36.4 Å². The molecule has 0 bridgehead atoms. The first-order chi connectivity index (χ1) is 15.0. The number of ether oxygens (including phenoxy) is 2. The van der Waals surface area contributed by atoms with Gasteiger partial charge in [0, 0.05) is 11.3 Å². The van der Waals surface area contributed by atoms with Gasteiger partial charge >= 0.3 is 0 Å². The summed E-state index contributed by atoms with van der Waals surface area (Å²) in [6.45, 7) is -0.199. The lowest BCUT2D eigenvalue weighted by molar-refractivity contribution is -0.118. The van der Waals surface area contributed by atoms with Gasteiger partial charge in [0.25, 0.3) is 5.91 Å². The average molecular weight is 528 g/mol. The molecular weight excluding hydrogens is 510 g/mol. The van der Waals surface area contributed by atoms with Crippen molar-refractivity contribution in [1.82, 2.24) is 0 Å². The van der Waals surface area contributed by atoms with Crippen molar-refractivity contribution in [2.24, 2.45) is 0 Å². The highest BCUT2D eigenvalue weighted by Crippen LogP contribution is 2.35. The molecule has 1 amide bonds. The summed E-state index contributed by atoms with van der Waals surface area (Å²) in [4.78, 5) is 12.2. The molecule has 3 aromatic carbocycles. The second kappa shape index (κ2) is 10.6. The van der Waals surface area contributed by atoms with E-state index in [0.29, 0.717) is 26.3 Å².